The fourth-order valence-electron chi connectivity index (χ4n) is 1.74. The summed E-state index contributed by atoms with van der Waals surface area (Å²) >= 11 is 0. The standard InChI is InChI=1S/C14H18O3/c1-5-17-13(15)7-6-12-9-10(2)8-11(3)14(12)16-4/h6-9H,5H2,1-4H3/b7-6+. The summed E-state index contributed by atoms with van der Waals surface area (Å²) in [6.07, 6.45) is 3.14. The zero-order valence-electron chi connectivity index (χ0n) is 10.7. The van der Waals surface area contributed by atoms with Gasteiger partial charge in [0.2, 0.25) is 0 Å². The number of hydrogen-bond acceptors (Lipinski definition) is 3. The number of ether oxygens (including phenoxy) is 2. The number of hydrogen-bond donors (Lipinski definition) is 0. The predicted octanol–water partition coefficient (Wildman–Crippen LogP) is 2.89. The Morgan fingerprint density at radius 3 is 2.65 bits per heavy atom. The Labute approximate surface area is 102 Å². The SMILES string of the molecule is CCOC(=O)/C=C/c1cc(C)cc(C)c1OC. The summed E-state index contributed by atoms with van der Waals surface area (Å²) in [5.74, 6) is 0.449. The highest BCUT2D eigenvalue weighted by molar-refractivity contribution is 5.87. The van der Waals surface area contributed by atoms with Crippen LogP contribution in [-0.4, -0.2) is 19.7 Å². The molecule has 0 aliphatic carbocycles. The van der Waals surface area contributed by atoms with Crippen LogP contribution in [0.3, 0.4) is 0 Å². The molecule has 0 spiro atoms. The second-order valence-electron chi connectivity index (χ2n) is 3.79. The summed E-state index contributed by atoms with van der Waals surface area (Å²) in [5.41, 5.74) is 3.07. The molecule has 3 nitrogen and oxygen atoms in total. The third-order valence-corrected chi connectivity index (χ3v) is 2.34. The largest absolute Gasteiger partial charge is 0.496 e. The van der Waals surface area contributed by atoms with Crippen molar-refractivity contribution in [3.8, 4) is 5.75 Å². The van der Waals surface area contributed by atoms with Crippen LogP contribution in [0, 0.1) is 13.8 Å². The molecule has 0 aliphatic rings. The van der Waals surface area contributed by atoms with Crippen molar-refractivity contribution in [3.63, 3.8) is 0 Å². The van der Waals surface area contributed by atoms with E-state index in [1.165, 1.54) is 6.08 Å². The van der Waals surface area contributed by atoms with Gasteiger partial charge in [-0.25, -0.2) is 4.79 Å². The van der Waals surface area contributed by atoms with E-state index in [0.717, 1.165) is 22.4 Å². The van der Waals surface area contributed by atoms with E-state index in [2.05, 4.69) is 0 Å². The van der Waals surface area contributed by atoms with Crippen LogP contribution in [0.1, 0.15) is 23.6 Å². The van der Waals surface area contributed by atoms with Gasteiger partial charge in [-0.1, -0.05) is 11.6 Å². The molecule has 0 aliphatic heterocycles. The Bertz CT molecular complexity index is 433. The normalized spacial score (nSPS) is 10.6. The molecule has 3 heteroatoms. The minimum Gasteiger partial charge on any atom is -0.496 e. The Balaban J connectivity index is 3.01. The first-order valence-corrected chi connectivity index (χ1v) is 5.58. The van der Waals surface area contributed by atoms with E-state index in [1.54, 1.807) is 20.1 Å². The number of esters is 1. The smallest absolute Gasteiger partial charge is 0.330 e. The number of carbonyl (C=O) groups is 1. The van der Waals surface area contributed by atoms with Gasteiger partial charge in [0.15, 0.2) is 0 Å². The van der Waals surface area contributed by atoms with Gasteiger partial charge < -0.3 is 9.47 Å². The third-order valence-electron chi connectivity index (χ3n) is 2.34. The van der Waals surface area contributed by atoms with Gasteiger partial charge >= 0.3 is 5.97 Å². The molecule has 1 aromatic rings. The van der Waals surface area contributed by atoms with Gasteiger partial charge in [0.1, 0.15) is 5.75 Å². The van der Waals surface area contributed by atoms with Gasteiger partial charge in [-0.2, -0.15) is 0 Å². The van der Waals surface area contributed by atoms with Gasteiger partial charge in [0.25, 0.3) is 0 Å². The molecular formula is C14H18O3. The van der Waals surface area contributed by atoms with Crippen molar-refractivity contribution in [1.82, 2.24) is 0 Å². The lowest BCUT2D eigenvalue weighted by Crippen LogP contribution is -1.99. The van der Waals surface area contributed by atoms with Crippen LogP contribution < -0.4 is 4.74 Å². The lowest BCUT2D eigenvalue weighted by atomic mass is 10.1. The van der Waals surface area contributed by atoms with E-state index in [0.29, 0.717) is 6.61 Å². The molecule has 92 valence electrons. The summed E-state index contributed by atoms with van der Waals surface area (Å²) in [6, 6.07) is 4.02. The molecule has 0 fully saturated rings. The monoisotopic (exact) mass is 234 g/mol. The molecule has 17 heavy (non-hydrogen) atoms. The van der Waals surface area contributed by atoms with E-state index in [4.69, 9.17) is 9.47 Å². The van der Waals surface area contributed by atoms with E-state index >= 15 is 0 Å². The van der Waals surface area contributed by atoms with Crippen LogP contribution in [0.4, 0.5) is 0 Å². The van der Waals surface area contributed by atoms with Gasteiger partial charge in [0.05, 0.1) is 13.7 Å². The third kappa shape index (κ3) is 3.63. The summed E-state index contributed by atoms with van der Waals surface area (Å²) in [6.45, 7) is 6.15. The van der Waals surface area contributed by atoms with Crippen LogP contribution in [0.25, 0.3) is 6.08 Å². The quantitative estimate of drug-likeness (QED) is 0.593. The fourth-order valence-corrected chi connectivity index (χ4v) is 1.74. The van der Waals surface area contributed by atoms with Crippen molar-refractivity contribution in [3.05, 3.63) is 34.9 Å². The van der Waals surface area contributed by atoms with Crippen molar-refractivity contribution >= 4 is 12.0 Å². The van der Waals surface area contributed by atoms with Crippen molar-refractivity contribution in [1.29, 1.82) is 0 Å². The first-order chi connectivity index (χ1) is 8.08. The van der Waals surface area contributed by atoms with Crippen molar-refractivity contribution in [2.45, 2.75) is 20.8 Å². The van der Waals surface area contributed by atoms with Gasteiger partial charge in [-0.05, 0) is 38.5 Å². The molecule has 1 rings (SSSR count). The summed E-state index contributed by atoms with van der Waals surface area (Å²) in [7, 11) is 1.62. The van der Waals surface area contributed by atoms with Crippen LogP contribution in [0.15, 0.2) is 18.2 Å². The minimum atomic E-state index is -0.339. The van der Waals surface area contributed by atoms with Crippen LogP contribution in [0.5, 0.6) is 5.75 Å². The molecule has 0 heterocycles. The molecule has 0 unspecified atom stereocenters. The predicted molar refractivity (Wildman–Crippen MR) is 68.1 cm³/mol. The summed E-state index contributed by atoms with van der Waals surface area (Å²) in [5, 5.41) is 0. The second-order valence-corrected chi connectivity index (χ2v) is 3.79. The molecule has 0 radical (unpaired) electrons. The maximum atomic E-state index is 11.2. The molecule has 0 bridgehead atoms. The van der Waals surface area contributed by atoms with E-state index < -0.39 is 0 Å². The molecule has 0 atom stereocenters. The van der Waals surface area contributed by atoms with Crippen molar-refractivity contribution in [2.75, 3.05) is 13.7 Å². The number of carbonyl (C=O) groups excluding carboxylic acids is 1. The highest BCUT2D eigenvalue weighted by Crippen LogP contribution is 2.26. The van der Waals surface area contributed by atoms with Crippen LogP contribution in [-0.2, 0) is 9.53 Å². The van der Waals surface area contributed by atoms with Crippen LogP contribution >= 0.6 is 0 Å². The lowest BCUT2D eigenvalue weighted by Gasteiger charge is -2.09. The first kappa shape index (κ1) is 13.3. The average Bonchev–Trinajstić information content (AvgIpc) is 2.26. The highest BCUT2D eigenvalue weighted by atomic mass is 16.5. The zero-order chi connectivity index (χ0) is 12.8. The Morgan fingerprint density at radius 2 is 2.06 bits per heavy atom. The summed E-state index contributed by atoms with van der Waals surface area (Å²) in [4.78, 5) is 11.2. The van der Waals surface area contributed by atoms with Crippen molar-refractivity contribution in [2.24, 2.45) is 0 Å². The van der Waals surface area contributed by atoms with Crippen molar-refractivity contribution < 1.29 is 14.3 Å². The molecule has 0 saturated carbocycles. The zero-order valence-corrected chi connectivity index (χ0v) is 10.7. The first-order valence-electron chi connectivity index (χ1n) is 5.58. The van der Waals surface area contributed by atoms with E-state index in [-0.39, 0.29) is 5.97 Å². The number of benzene rings is 1. The maximum absolute atomic E-state index is 11.2. The fraction of sp³-hybridized carbons (Fsp3) is 0.357. The Hall–Kier alpha value is -1.77. The Morgan fingerprint density at radius 1 is 1.35 bits per heavy atom. The van der Waals surface area contributed by atoms with Crippen LogP contribution in [0.2, 0.25) is 0 Å². The number of aryl methyl sites for hydroxylation is 2. The second kappa shape index (κ2) is 6.09. The number of rotatable bonds is 4. The summed E-state index contributed by atoms with van der Waals surface area (Å²) < 4.78 is 10.2. The maximum Gasteiger partial charge on any atom is 0.330 e. The van der Waals surface area contributed by atoms with E-state index in [1.807, 2.05) is 26.0 Å². The molecular weight excluding hydrogens is 216 g/mol. The van der Waals surface area contributed by atoms with Gasteiger partial charge in [-0.3, -0.25) is 0 Å². The lowest BCUT2D eigenvalue weighted by molar-refractivity contribution is -0.137. The topological polar surface area (TPSA) is 35.5 Å². The minimum absolute atomic E-state index is 0.339. The molecule has 1 aromatic carbocycles. The molecule has 0 aromatic heterocycles. The molecule has 0 N–H and O–H groups in total. The van der Waals surface area contributed by atoms with E-state index in [9.17, 15) is 4.79 Å². The number of methoxy groups -OCH3 is 1. The highest BCUT2D eigenvalue weighted by Gasteiger charge is 2.05. The molecule has 0 amide bonds. The molecule has 0 saturated heterocycles. The Kier molecular flexibility index (Phi) is 4.76. The van der Waals surface area contributed by atoms with Gasteiger partial charge in [-0.15, -0.1) is 0 Å². The average molecular weight is 234 g/mol. The van der Waals surface area contributed by atoms with Gasteiger partial charge in [0, 0.05) is 11.6 Å².